The van der Waals surface area contributed by atoms with Gasteiger partial charge < -0.3 is 13.6 Å². The fourth-order valence-electron chi connectivity index (χ4n) is 8.52. The van der Waals surface area contributed by atoms with Crippen molar-refractivity contribution in [3.63, 3.8) is 0 Å². The van der Waals surface area contributed by atoms with E-state index in [0.717, 1.165) is 34.2 Å². The Labute approximate surface area is 300 Å². The van der Waals surface area contributed by atoms with Crippen LogP contribution in [0.3, 0.4) is 0 Å². The number of fused-ring (bicyclic) bond motifs is 9. The van der Waals surface area contributed by atoms with Crippen LogP contribution in [0.4, 0.5) is 0 Å². The molecule has 0 fully saturated rings. The van der Waals surface area contributed by atoms with Crippen molar-refractivity contribution in [1.82, 2.24) is 9.13 Å². The Morgan fingerprint density at radius 3 is 1.96 bits per heavy atom. The fraction of sp³-hybridized carbons (Fsp3) is 0.0204. The minimum absolute atomic E-state index is 0.720. The second-order valence-corrected chi connectivity index (χ2v) is 13.7. The zero-order valence-electron chi connectivity index (χ0n) is 28.3. The summed E-state index contributed by atoms with van der Waals surface area (Å²) < 4.78 is 11.3. The number of benzene rings is 8. The molecule has 0 aliphatic heterocycles. The lowest BCUT2D eigenvalue weighted by Crippen LogP contribution is -2.03. The predicted octanol–water partition coefficient (Wildman–Crippen LogP) is 13.2. The van der Waals surface area contributed by atoms with Gasteiger partial charge in [-0.25, -0.2) is 0 Å². The molecule has 0 atom stereocenters. The van der Waals surface area contributed by atoms with Crippen molar-refractivity contribution in [1.29, 1.82) is 0 Å². The van der Waals surface area contributed by atoms with E-state index in [1.165, 1.54) is 71.4 Å². The van der Waals surface area contributed by atoms with Gasteiger partial charge in [-0.1, -0.05) is 133 Å². The minimum Gasteiger partial charge on any atom is -0.456 e. The summed E-state index contributed by atoms with van der Waals surface area (Å²) in [6.45, 7) is 0.720. The Kier molecular flexibility index (Phi) is 6.31. The molecular weight excluding hydrogens is 633 g/mol. The van der Waals surface area contributed by atoms with Gasteiger partial charge in [0, 0.05) is 49.6 Å². The molecule has 52 heavy (non-hydrogen) atoms. The first kappa shape index (κ1) is 28.9. The lowest BCUT2D eigenvalue weighted by molar-refractivity contribution is 0.668. The van der Waals surface area contributed by atoms with Crippen LogP contribution in [0.25, 0.3) is 93.5 Å². The minimum atomic E-state index is 0.720. The molecule has 0 bridgehead atoms. The van der Waals surface area contributed by atoms with Gasteiger partial charge in [-0.15, -0.1) is 0 Å². The van der Waals surface area contributed by atoms with Crippen molar-refractivity contribution < 1.29 is 4.42 Å². The van der Waals surface area contributed by atoms with E-state index >= 15 is 0 Å². The van der Waals surface area contributed by atoms with Crippen molar-refractivity contribution in [2.24, 2.45) is 0 Å². The summed E-state index contributed by atoms with van der Waals surface area (Å²) in [5, 5.41) is 7.32. The third kappa shape index (κ3) is 4.33. The van der Waals surface area contributed by atoms with Gasteiger partial charge in [-0.05, 0) is 70.3 Å². The monoisotopic (exact) mass is 664 g/mol. The lowest BCUT2D eigenvalue weighted by Gasteiger charge is -2.14. The lowest BCUT2D eigenvalue weighted by atomic mass is 9.96. The molecule has 8 aromatic carbocycles. The first-order valence-corrected chi connectivity index (χ1v) is 17.9. The smallest absolute Gasteiger partial charge is 0.137 e. The van der Waals surface area contributed by atoms with Crippen LogP contribution in [0.1, 0.15) is 5.56 Å². The van der Waals surface area contributed by atoms with Crippen LogP contribution < -0.4 is 0 Å². The number of aromatic nitrogens is 2. The van der Waals surface area contributed by atoms with Gasteiger partial charge in [0.25, 0.3) is 0 Å². The summed E-state index contributed by atoms with van der Waals surface area (Å²) in [4.78, 5) is 0. The summed E-state index contributed by atoms with van der Waals surface area (Å²) in [6.07, 6.45) is 0. The Hall–Kier alpha value is -6.84. The molecule has 3 heterocycles. The molecule has 0 spiro atoms. The van der Waals surface area contributed by atoms with E-state index in [-0.39, 0.29) is 0 Å². The van der Waals surface area contributed by atoms with E-state index in [1.54, 1.807) is 0 Å². The molecule has 11 rings (SSSR count). The van der Waals surface area contributed by atoms with Crippen LogP contribution in [0, 0.1) is 0 Å². The van der Waals surface area contributed by atoms with Gasteiger partial charge >= 0.3 is 0 Å². The Bertz CT molecular complexity index is 3160. The number of hydrogen-bond acceptors (Lipinski definition) is 1. The normalized spacial score (nSPS) is 11.9. The van der Waals surface area contributed by atoms with Gasteiger partial charge in [-0.3, -0.25) is 0 Å². The van der Waals surface area contributed by atoms with E-state index in [0.29, 0.717) is 0 Å². The standard InChI is InChI=1S/C49H32N2O/c1-2-13-32(14-3-1)33-15-10-16-34(29-33)37-21-12-25-45-48(37)42-20-5-7-23-43(42)50(45)31-35-17-11-22-41-38-18-4-8-24-44(38)51(49(35)41)36-27-28-40-39-19-6-9-26-46(39)52-47(40)30-36/h1-30H,31H2. The molecule has 3 heteroatoms. The molecule has 0 aliphatic rings. The van der Waals surface area contributed by atoms with Crippen molar-refractivity contribution >= 4 is 65.6 Å². The molecule has 3 aromatic heterocycles. The van der Waals surface area contributed by atoms with Gasteiger partial charge in [0.1, 0.15) is 11.2 Å². The van der Waals surface area contributed by atoms with Crippen LogP contribution in [0.2, 0.25) is 0 Å². The van der Waals surface area contributed by atoms with E-state index in [1.807, 2.05) is 12.1 Å². The molecule has 11 aromatic rings. The van der Waals surface area contributed by atoms with E-state index in [9.17, 15) is 0 Å². The number of hydrogen-bond donors (Lipinski definition) is 0. The Morgan fingerprint density at radius 1 is 0.404 bits per heavy atom. The SMILES string of the molecule is c1ccc(-c2cccc(-c3cccc4c3c3ccccc3n4Cc3cccc4c5ccccc5n(-c5ccc6c(c5)oc5ccccc56)c34)c2)cc1. The first-order chi connectivity index (χ1) is 25.8. The zero-order valence-corrected chi connectivity index (χ0v) is 28.3. The first-order valence-electron chi connectivity index (χ1n) is 17.9. The number of para-hydroxylation sites is 4. The largest absolute Gasteiger partial charge is 0.456 e. The topological polar surface area (TPSA) is 23.0 Å². The van der Waals surface area contributed by atoms with Gasteiger partial charge in [0.2, 0.25) is 0 Å². The summed E-state index contributed by atoms with van der Waals surface area (Å²) in [5.41, 5.74) is 13.9. The summed E-state index contributed by atoms with van der Waals surface area (Å²) in [7, 11) is 0. The highest BCUT2D eigenvalue weighted by Gasteiger charge is 2.20. The molecule has 0 N–H and O–H groups in total. The van der Waals surface area contributed by atoms with E-state index in [2.05, 4.69) is 179 Å². The number of furan rings is 1. The Morgan fingerprint density at radius 2 is 1.06 bits per heavy atom. The van der Waals surface area contributed by atoms with Gasteiger partial charge in [-0.2, -0.15) is 0 Å². The highest BCUT2D eigenvalue weighted by molar-refractivity contribution is 6.15. The number of rotatable bonds is 5. The van der Waals surface area contributed by atoms with E-state index in [4.69, 9.17) is 4.42 Å². The third-order valence-corrected chi connectivity index (χ3v) is 10.8. The molecule has 244 valence electrons. The molecule has 0 radical (unpaired) electrons. The van der Waals surface area contributed by atoms with Crippen LogP contribution in [-0.4, -0.2) is 9.13 Å². The van der Waals surface area contributed by atoms with Gasteiger partial charge in [0.15, 0.2) is 0 Å². The Balaban J connectivity index is 1.13. The van der Waals surface area contributed by atoms with Gasteiger partial charge in [0.05, 0.1) is 23.1 Å². The highest BCUT2D eigenvalue weighted by Crippen LogP contribution is 2.41. The maximum absolute atomic E-state index is 6.39. The number of nitrogens with zero attached hydrogens (tertiary/aromatic N) is 2. The molecule has 0 aliphatic carbocycles. The molecule has 0 unspecified atom stereocenters. The molecule has 0 saturated carbocycles. The average molecular weight is 665 g/mol. The van der Waals surface area contributed by atoms with Crippen LogP contribution in [0.5, 0.6) is 0 Å². The fourth-order valence-corrected chi connectivity index (χ4v) is 8.52. The second kappa shape index (κ2) is 11.3. The van der Waals surface area contributed by atoms with E-state index < -0.39 is 0 Å². The van der Waals surface area contributed by atoms with Crippen molar-refractivity contribution in [3.05, 3.63) is 188 Å². The molecule has 0 saturated heterocycles. The van der Waals surface area contributed by atoms with Crippen molar-refractivity contribution in [2.45, 2.75) is 6.54 Å². The highest BCUT2D eigenvalue weighted by atomic mass is 16.3. The van der Waals surface area contributed by atoms with Crippen LogP contribution in [-0.2, 0) is 6.54 Å². The molecular formula is C49H32N2O. The maximum atomic E-state index is 6.39. The summed E-state index contributed by atoms with van der Waals surface area (Å²) in [5.74, 6) is 0. The predicted molar refractivity (Wildman–Crippen MR) is 217 cm³/mol. The van der Waals surface area contributed by atoms with Crippen molar-refractivity contribution in [3.8, 4) is 27.9 Å². The van der Waals surface area contributed by atoms with Crippen LogP contribution in [0.15, 0.2) is 186 Å². The van der Waals surface area contributed by atoms with Crippen molar-refractivity contribution in [2.75, 3.05) is 0 Å². The zero-order chi connectivity index (χ0) is 34.2. The quantitative estimate of drug-likeness (QED) is 0.180. The summed E-state index contributed by atoms with van der Waals surface area (Å²) in [6, 6.07) is 65.7. The summed E-state index contributed by atoms with van der Waals surface area (Å²) >= 11 is 0. The average Bonchev–Trinajstić information content (AvgIpc) is 3.86. The third-order valence-electron chi connectivity index (χ3n) is 10.8. The molecule has 0 amide bonds. The maximum Gasteiger partial charge on any atom is 0.137 e. The molecule has 3 nitrogen and oxygen atoms in total. The second-order valence-electron chi connectivity index (χ2n) is 13.7. The van der Waals surface area contributed by atoms with Crippen LogP contribution >= 0.6 is 0 Å².